The molecular formula is C20H20N6S. The fourth-order valence-corrected chi connectivity index (χ4v) is 3.41. The first-order valence-electron chi connectivity index (χ1n) is 8.60. The van der Waals surface area contributed by atoms with Crippen molar-refractivity contribution in [3.8, 4) is 6.07 Å². The lowest BCUT2D eigenvalue weighted by molar-refractivity contribution is 0.980. The third-order valence-electron chi connectivity index (χ3n) is 3.93. The van der Waals surface area contributed by atoms with E-state index in [0.29, 0.717) is 23.1 Å². The van der Waals surface area contributed by atoms with Crippen molar-refractivity contribution in [3.05, 3.63) is 71.0 Å². The number of nitrogens with one attached hydrogen (secondary N) is 1. The molecule has 0 aliphatic heterocycles. The topological polar surface area (TPSA) is 101 Å². The molecule has 0 spiro atoms. The van der Waals surface area contributed by atoms with E-state index in [-0.39, 0.29) is 5.95 Å². The summed E-state index contributed by atoms with van der Waals surface area (Å²) in [5.41, 5.74) is 9.83. The van der Waals surface area contributed by atoms with Gasteiger partial charge in [0.1, 0.15) is 5.82 Å². The number of thioether (sulfide) groups is 1. The first kappa shape index (κ1) is 18.7. The van der Waals surface area contributed by atoms with Crippen LogP contribution in [0.3, 0.4) is 0 Å². The molecule has 0 radical (unpaired) electrons. The smallest absolute Gasteiger partial charge is 0.232 e. The van der Waals surface area contributed by atoms with Gasteiger partial charge < -0.3 is 11.1 Å². The second kappa shape index (κ2) is 9.01. The van der Waals surface area contributed by atoms with Crippen LogP contribution in [0.25, 0.3) is 0 Å². The summed E-state index contributed by atoms with van der Waals surface area (Å²) in [5, 5.41) is 12.1. The van der Waals surface area contributed by atoms with Gasteiger partial charge in [-0.05, 0) is 35.7 Å². The number of hydrogen-bond donors (Lipinski definition) is 2. The van der Waals surface area contributed by atoms with Crippen LogP contribution in [-0.2, 0) is 17.9 Å². The highest BCUT2D eigenvalue weighted by molar-refractivity contribution is 7.97. The summed E-state index contributed by atoms with van der Waals surface area (Å²) in [7, 11) is 0. The molecule has 1 heterocycles. The molecule has 0 amide bonds. The monoisotopic (exact) mass is 376 g/mol. The summed E-state index contributed by atoms with van der Waals surface area (Å²) in [6.45, 7) is 2.10. The average Bonchev–Trinajstić information content (AvgIpc) is 2.68. The van der Waals surface area contributed by atoms with Crippen LogP contribution in [0.1, 0.15) is 29.4 Å². The highest BCUT2D eigenvalue weighted by Gasteiger charge is 2.07. The number of nitriles is 1. The molecule has 0 atom stereocenters. The molecule has 0 aliphatic carbocycles. The number of benzene rings is 2. The normalized spacial score (nSPS) is 10.4. The van der Waals surface area contributed by atoms with Gasteiger partial charge in [0, 0.05) is 11.4 Å². The zero-order valence-corrected chi connectivity index (χ0v) is 15.8. The lowest BCUT2D eigenvalue weighted by Gasteiger charge is -2.10. The number of hydrogen-bond acceptors (Lipinski definition) is 7. The Bertz CT molecular complexity index is 949. The van der Waals surface area contributed by atoms with Crippen molar-refractivity contribution in [1.82, 2.24) is 15.0 Å². The fourth-order valence-electron chi connectivity index (χ4n) is 2.57. The number of nitrogens with two attached hydrogens (primary N) is 1. The molecule has 7 heteroatoms. The summed E-state index contributed by atoms with van der Waals surface area (Å²) < 4.78 is 0. The first-order valence-corrected chi connectivity index (χ1v) is 9.75. The maximum absolute atomic E-state index is 8.85. The second-order valence-corrected chi connectivity index (χ2v) is 6.86. The van der Waals surface area contributed by atoms with Gasteiger partial charge in [0.25, 0.3) is 0 Å². The lowest BCUT2D eigenvalue weighted by atomic mass is 10.1. The Balaban J connectivity index is 1.65. The molecule has 3 rings (SSSR count). The zero-order chi connectivity index (χ0) is 19.1. The number of aryl methyl sites for hydroxylation is 1. The van der Waals surface area contributed by atoms with Crippen molar-refractivity contribution in [2.75, 3.05) is 11.1 Å². The SMILES string of the molecule is CCc1ccccc1Nc1nc(N)nc(CSCc2ccc(C#N)cc2)n1. The van der Waals surface area contributed by atoms with Gasteiger partial charge >= 0.3 is 0 Å². The number of para-hydroxylation sites is 1. The standard InChI is InChI=1S/C20H20N6S/c1-2-16-5-3-4-6-17(16)23-20-25-18(24-19(22)26-20)13-27-12-15-9-7-14(11-21)8-10-15/h3-10H,2,12-13H2,1H3,(H3,22,23,24,25,26). The Morgan fingerprint density at radius 3 is 2.56 bits per heavy atom. The van der Waals surface area contributed by atoms with E-state index >= 15 is 0 Å². The van der Waals surface area contributed by atoms with Crippen molar-refractivity contribution >= 4 is 29.3 Å². The summed E-state index contributed by atoms with van der Waals surface area (Å²) in [4.78, 5) is 12.9. The quantitative estimate of drug-likeness (QED) is 0.641. The van der Waals surface area contributed by atoms with Crippen LogP contribution in [0.2, 0.25) is 0 Å². The average molecular weight is 376 g/mol. The summed E-state index contributed by atoms with van der Waals surface area (Å²) in [6, 6.07) is 17.7. The zero-order valence-electron chi connectivity index (χ0n) is 15.0. The van der Waals surface area contributed by atoms with Crippen LogP contribution in [0.4, 0.5) is 17.6 Å². The second-order valence-electron chi connectivity index (χ2n) is 5.87. The predicted octanol–water partition coefficient (Wildman–Crippen LogP) is 4.06. The molecule has 6 nitrogen and oxygen atoms in total. The number of aromatic nitrogens is 3. The van der Waals surface area contributed by atoms with E-state index in [0.717, 1.165) is 23.4 Å². The molecule has 1 aromatic heterocycles. The highest BCUT2D eigenvalue weighted by Crippen LogP contribution is 2.21. The van der Waals surface area contributed by atoms with E-state index in [2.05, 4.69) is 39.3 Å². The highest BCUT2D eigenvalue weighted by atomic mass is 32.2. The molecule has 27 heavy (non-hydrogen) atoms. The van der Waals surface area contributed by atoms with Gasteiger partial charge in [-0.25, -0.2) is 0 Å². The summed E-state index contributed by atoms with van der Waals surface area (Å²) in [5.74, 6) is 2.72. The largest absolute Gasteiger partial charge is 0.368 e. The van der Waals surface area contributed by atoms with Crippen LogP contribution < -0.4 is 11.1 Å². The van der Waals surface area contributed by atoms with Gasteiger partial charge in [0.05, 0.1) is 17.4 Å². The number of nitrogen functional groups attached to an aromatic ring is 1. The Morgan fingerprint density at radius 2 is 1.81 bits per heavy atom. The Hall–Kier alpha value is -3.11. The molecule has 2 aromatic carbocycles. The minimum absolute atomic E-state index is 0.204. The maximum atomic E-state index is 8.85. The van der Waals surface area contributed by atoms with E-state index in [1.54, 1.807) is 11.8 Å². The third-order valence-corrected chi connectivity index (χ3v) is 4.93. The van der Waals surface area contributed by atoms with Gasteiger partial charge in [-0.3, -0.25) is 0 Å². The van der Waals surface area contributed by atoms with Gasteiger partial charge in [-0.2, -0.15) is 20.2 Å². The Labute approximate surface area is 162 Å². The molecule has 3 N–H and O–H groups in total. The Morgan fingerprint density at radius 1 is 1.04 bits per heavy atom. The van der Waals surface area contributed by atoms with Gasteiger partial charge in [0.2, 0.25) is 11.9 Å². The Kier molecular flexibility index (Phi) is 6.23. The predicted molar refractivity (Wildman–Crippen MR) is 109 cm³/mol. The van der Waals surface area contributed by atoms with Crippen LogP contribution in [0.15, 0.2) is 48.5 Å². The molecule has 0 saturated carbocycles. The van der Waals surface area contributed by atoms with Gasteiger partial charge in [-0.1, -0.05) is 37.3 Å². The van der Waals surface area contributed by atoms with E-state index < -0.39 is 0 Å². The van der Waals surface area contributed by atoms with E-state index in [1.165, 1.54) is 5.56 Å². The number of nitrogens with zero attached hydrogens (tertiary/aromatic N) is 4. The molecule has 3 aromatic rings. The van der Waals surface area contributed by atoms with Crippen LogP contribution >= 0.6 is 11.8 Å². The van der Waals surface area contributed by atoms with Crippen molar-refractivity contribution in [1.29, 1.82) is 5.26 Å². The molecule has 0 bridgehead atoms. The maximum Gasteiger partial charge on any atom is 0.232 e. The van der Waals surface area contributed by atoms with E-state index in [1.807, 2.05) is 42.5 Å². The minimum atomic E-state index is 0.204. The fraction of sp³-hybridized carbons (Fsp3) is 0.200. The van der Waals surface area contributed by atoms with Gasteiger partial charge in [0.15, 0.2) is 0 Å². The molecule has 0 unspecified atom stereocenters. The number of rotatable bonds is 7. The van der Waals surface area contributed by atoms with Crippen molar-refractivity contribution < 1.29 is 0 Å². The summed E-state index contributed by atoms with van der Waals surface area (Å²) in [6.07, 6.45) is 0.914. The molecule has 0 fully saturated rings. The van der Waals surface area contributed by atoms with Crippen LogP contribution in [-0.4, -0.2) is 15.0 Å². The minimum Gasteiger partial charge on any atom is -0.368 e. The lowest BCUT2D eigenvalue weighted by Crippen LogP contribution is -2.07. The van der Waals surface area contributed by atoms with Crippen molar-refractivity contribution in [2.45, 2.75) is 24.9 Å². The first-order chi connectivity index (χ1) is 13.2. The third kappa shape index (κ3) is 5.19. The summed E-state index contributed by atoms with van der Waals surface area (Å²) >= 11 is 1.69. The molecular weight excluding hydrogens is 356 g/mol. The molecule has 0 aliphatic rings. The molecule has 0 saturated heterocycles. The molecule has 136 valence electrons. The van der Waals surface area contributed by atoms with Gasteiger partial charge in [-0.15, -0.1) is 11.8 Å². The van der Waals surface area contributed by atoms with Crippen LogP contribution in [0.5, 0.6) is 0 Å². The van der Waals surface area contributed by atoms with E-state index in [9.17, 15) is 0 Å². The number of anilines is 3. The van der Waals surface area contributed by atoms with E-state index in [4.69, 9.17) is 11.0 Å². The van der Waals surface area contributed by atoms with Crippen molar-refractivity contribution in [3.63, 3.8) is 0 Å². The van der Waals surface area contributed by atoms with Crippen LogP contribution in [0, 0.1) is 11.3 Å². The van der Waals surface area contributed by atoms with Crippen molar-refractivity contribution in [2.24, 2.45) is 0 Å².